The van der Waals surface area contributed by atoms with Gasteiger partial charge in [-0.05, 0) is 178 Å². The molecule has 1 N–H and O–H groups in total. The van der Waals surface area contributed by atoms with Crippen molar-refractivity contribution in [1.82, 2.24) is 20.2 Å². The lowest BCUT2D eigenvalue weighted by molar-refractivity contribution is -0.132. The lowest BCUT2D eigenvalue weighted by Crippen LogP contribution is -2.39. The molecule has 11 heteroatoms. The molecule has 2 saturated heterocycles. The number of nitrogens with one attached hydrogen (secondary N) is 1. The quantitative estimate of drug-likeness (QED) is 0.222. The average molecular weight is 997 g/mol. The summed E-state index contributed by atoms with van der Waals surface area (Å²) < 4.78 is 4.29. The smallest absolute Gasteiger partial charge is 0.222 e. The Morgan fingerprint density at radius 1 is 0.692 bits per heavy atom. The number of carbonyl (C=O) groups excluding carboxylic acids is 1. The van der Waals surface area contributed by atoms with Crippen LogP contribution in [0.3, 0.4) is 0 Å². The van der Waals surface area contributed by atoms with Gasteiger partial charge in [0.15, 0.2) is 0 Å². The third kappa shape index (κ3) is 8.41. The van der Waals surface area contributed by atoms with Crippen molar-refractivity contribution >= 4 is 92.8 Å². The van der Waals surface area contributed by atoms with Gasteiger partial charge < -0.3 is 10.2 Å². The van der Waals surface area contributed by atoms with Gasteiger partial charge in [-0.25, -0.2) is 0 Å². The fourth-order valence-electron chi connectivity index (χ4n) is 8.94. The Balaban J connectivity index is 0.000000164. The van der Waals surface area contributed by atoms with Gasteiger partial charge >= 0.3 is 0 Å². The number of carbonyl (C=O) groups is 1. The van der Waals surface area contributed by atoms with Crippen LogP contribution < -0.4 is 5.32 Å². The van der Waals surface area contributed by atoms with Crippen LogP contribution in [0.4, 0.5) is 0 Å². The highest BCUT2D eigenvalue weighted by atomic mass is 79.9. The molecule has 4 heterocycles. The molecule has 2 atom stereocenters. The third-order valence-electron chi connectivity index (χ3n) is 11.4. The summed E-state index contributed by atoms with van der Waals surface area (Å²) in [7, 11) is 0. The number of aryl methyl sites for hydroxylation is 4. The molecule has 1 amide bonds. The first-order valence-electron chi connectivity index (χ1n) is 18.3. The van der Waals surface area contributed by atoms with Crippen LogP contribution in [0.2, 0.25) is 10.0 Å². The van der Waals surface area contributed by atoms with Crippen molar-refractivity contribution in [1.29, 1.82) is 0 Å². The Hall–Kier alpha value is -1.33. The van der Waals surface area contributed by atoms with Crippen LogP contribution in [0.25, 0.3) is 0 Å². The SMILES string of the molecule is CCC(=O)N1CCC(C2c3ncc(Br)cc3CCc3cc(Cl)cc(Br)c32)CC1.Clc1cc(Br)c2c(c1)CCc1cc(Br)cnc1C2C1CCNCC1. The number of aromatic nitrogens is 2. The van der Waals surface area contributed by atoms with Crippen LogP contribution >= 0.6 is 86.9 Å². The molecule has 8 rings (SSSR count). The zero-order valence-electron chi connectivity index (χ0n) is 29.1. The summed E-state index contributed by atoms with van der Waals surface area (Å²) >= 11 is 27.5. The highest BCUT2D eigenvalue weighted by Gasteiger charge is 2.37. The molecular weight excluding hydrogens is 955 g/mol. The first kappa shape index (κ1) is 38.9. The molecule has 2 aliphatic heterocycles. The molecule has 274 valence electrons. The zero-order chi connectivity index (χ0) is 36.5. The van der Waals surface area contributed by atoms with Gasteiger partial charge in [0.1, 0.15) is 0 Å². The Morgan fingerprint density at radius 2 is 1.13 bits per heavy atom. The van der Waals surface area contributed by atoms with Crippen LogP contribution in [-0.4, -0.2) is 47.0 Å². The van der Waals surface area contributed by atoms with Crippen molar-refractivity contribution in [3.05, 3.63) is 121 Å². The Morgan fingerprint density at radius 3 is 1.60 bits per heavy atom. The fourth-order valence-corrected chi connectivity index (χ4v) is 11.9. The van der Waals surface area contributed by atoms with E-state index >= 15 is 0 Å². The number of likely N-dealkylation sites (tertiary alicyclic amines) is 1. The lowest BCUT2D eigenvalue weighted by Gasteiger charge is -2.37. The molecule has 0 bridgehead atoms. The van der Waals surface area contributed by atoms with E-state index in [1.54, 1.807) is 0 Å². The topological polar surface area (TPSA) is 58.1 Å². The van der Waals surface area contributed by atoms with Crippen molar-refractivity contribution in [3.8, 4) is 0 Å². The molecule has 2 aromatic heterocycles. The van der Waals surface area contributed by atoms with Gasteiger partial charge in [-0.15, -0.1) is 0 Å². The van der Waals surface area contributed by atoms with E-state index < -0.39 is 0 Å². The normalized spacial score (nSPS) is 20.3. The molecule has 2 unspecified atom stereocenters. The highest BCUT2D eigenvalue weighted by molar-refractivity contribution is 9.11. The minimum atomic E-state index is 0.228. The number of nitrogens with zero attached hydrogens (tertiary/aromatic N) is 3. The monoisotopic (exact) mass is 992 g/mol. The molecule has 0 spiro atoms. The van der Waals surface area contributed by atoms with E-state index in [1.165, 1.54) is 57.6 Å². The molecule has 2 aliphatic carbocycles. The lowest BCUT2D eigenvalue weighted by atomic mass is 9.76. The summed E-state index contributed by atoms with van der Waals surface area (Å²) in [5.74, 6) is 1.91. The Bertz CT molecular complexity index is 1960. The van der Waals surface area contributed by atoms with Gasteiger partial charge in [-0.3, -0.25) is 14.8 Å². The molecular formula is C41H42Br4Cl2N4O. The maximum atomic E-state index is 12.1. The van der Waals surface area contributed by atoms with Gasteiger partial charge in [0, 0.05) is 71.7 Å². The molecule has 2 fully saturated rings. The predicted molar refractivity (Wildman–Crippen MR) is 226 cm³/mol. The maximum Gasteiger partial charge on any atom is 0.222 e. The number of rotatable bonds is 3. The first-order valence-corrected chi connectivity index (χ1v) is 22.3. The van der Waals surface area contributed by atoms with Crippen LogP contribution in [0.15, 0.2) is 66.7 Å². The second-order valence-corrected chi connectivity index (χ2v) is 18.8. The number of hydrogen-bond donors (Lipinski definition) is 1. The van der Waals surface area contributed by atoms with E-state index in [0.717, 1.165) is 92.6 Å². The van der Waals surface area contributed by atoms with E-state index in [4.69, 9.17) is 33.2 Å². The minimum absolute atomic E-state index is 0.228. The summed E-state index contributed by atoms with van der Waals surface area (Å²) in [4.78, 5) is 23.9. The highest BCUT2D eigenvalue weighted by Crippen LogP contribution is 2.47. The number of pyridine rings is 2. The Labute approximate surface area is 351 Å². The molecule has 5 nitrogen and oxygen atoms in total. The minimum Gasteiger partial charge on any atom is -0.343 e. The van der Waals surface area contributed by atoms with Gasteiger partial charge in [-0.2, -0.15) is 0 Å². The van der Waals surface area contributed by atoms with E-state index in [9.17, 15) is 4.79 Å². The zero-order valence-corrected chi connectivity index (χ0v) is 37.0. The standard InChI is InChI=1S/C22H23Br2ClN2O.C19H19Br2ClN2/c1-2-19(28)27-7-5-13(6-8-27)21-20-14(10-17(25)11-18(20)24)3-4-15-9-16(23)12-26-22(15)21;20-14-7-13-2-1-12-8-15(22)9-16(21)17(12)18(19(13)24-10-14)11-3-5-23-6-4-11/h9-13,21H,2-8H2,1H3;7-11,18,23H,1-6H2. The molecule has 4 aliphatic rings. The van der Waals surface area contributed by atoms with Crippen molar-refractivity contribution < 1.29 is 4.79 Å². The number of fused-ring (bicyclic) bond motifs is 4. The van der Waals surface area contributed by atoms with E-state index in [2.05, 4.69) is 93.3 Å². The van der Waals surface area contributed by atoms with Gasteiger partial charge in [0.2, 0.25) is 5.91 Å². The fraction of sp³-hybridized carbons (Fsp3) is 0.439. The van der Waals surface area contributed by atoms with Crippen molar-refractivity contribution in [2.75, 3.05) is 26.2 Å². The molecule has 0 radical (unpaired) electrons. The van der Waals surface area contributed by atoms with Crippen molar-refractivity contribution in [3.63, 3.8) is 0 Å². The predicted octanol–water partition coefficient (Wildman–Crippen LogP) is 11.6. The number of hydrogen-bond acceptors (Lipinski definition) is 4. The molecule has 4 aromatic rings. The summed E-state index contributed by atoms with van der Waals surface area (Å²) in [5, 5.41) is 5.07. The largest absolute Gasteiger partial charge is 0.343 e. The third-order valence-corrected chi connectivity index (χ3v) is 14.0. The number of halogens is 6. The maximum absolute atomic E-state index is 12.1. The van der Waals surface area contributed by atoms with Crippen LogP contribution in [0, 0.1) is 11.8 Å². The van der Waals surface area contributed by atoms with E-state index in [1.807, 2.05) is 36.4 Å². The van der Waals surface area contributed by atoms with Gasteiger partial charge in [-0.1, -0.05) is 62.0 Å². The second kappa shape index (κ2) is 17.2. The van der Waals surface area contributed by atoms with Gasteiger partial charge in [0.05, 0.1) is 11.4 Å². The van der Waals surface area contributed by atoms with Crippen molar-refractivity contribution in [2.45, 2.75) is 76.5 Å². The second-order valence-electron chi connectivity index (χ2n) is 14.4. The van der Waals surface area contributed by atoms with Crippen LogP contribution in [0.1, 0.15) is 95.6 Å². The average Bonchev–Trinajstić information content (AvgIpc) is 3.40. The summed E-state index contributed by atoms with van der Waals surface area (Å²) in [6, 6.07) is 12.8. The van der Waals surface area contributed by atoms with Crippen LogP contribution in [-0.2, 0) is 30.5 Å². The van der Waals surface area contributed by atoms with Gasteiger partial charge in [0.25, 0.3) is 0 Å². The summed E-state index contributed by atoms with van der Waals surface area (Å²) in [5.41, 5.74) is 10.5. The first-order chi connectivity index (χ1) is 25.1. The van der Waals surface area contributed by atoms with E-state index in [-0.39, 0.29) is 11.8 Å². The van der Waals surface area contributed by atoms with Crippen LogP contribution in [0.5, 0.6) is 0 Å². The number of amides is 1. The van der Waals surface area contributed by atoms with Crippen molar-refractivity contribution in [2.24, 2.45) is 11.8 Å². The molecule has 0 saturated carbocycles. The number of piperidine rings is 2. The molecule has 52 heavy (non-hydrogen) atoms. The number of benzene rings is 2. The summed E-state index contributed by atoms with van der Waals surface area (Å²) in [6.45, 7) is 5.79. The summed E-state index contributed by atoms with van der Waals surface area (Å²) in [6.07, 6.45) is 12.8. The Kier molecular flexibility index (Phi) is 12.9. The van der Waals surface area contributed by atoms with E-state index in [0.29, 0.717) is 24.2 Å². The molecule has 2 aromatic carbocycles.